The number of aromatic nitrogens is 1. The SMILES string of the molecule is O[C@]1(CN[C@@H](Cc2ccccn2)C2CC2)CCc2ccccc21. The minimum absolute atomic E-state index is 0.418. The molecule has 0 spiro atoms. The van der Waals surface area contributed by atoms with Crippen molar-refractivity contribution in [2.75, 3.05) is 6.54 Å². The molecular formula is C20H24N2O. The lowest BCUT2D eigenvalue weighted by Gasteiger charge is -2.28. The van der Waals surface area contributed by atoms with E-state index in [1.54, 1.807) is 0 Å². The molecule has 2 aromatic rings. The zero-order chi connectivity index (χ0) is 15.7. The van der Waals surface area contributed by atoms with Crippen LogP contribution in [0.2, 0.25) is 0 Å². The van der Waals surface area contributed by atoms with Crippen LogP contribution >= 0.6 is 0 Å². The first-order chi connectivity index (χ1) is 11.2. The summed E-state index contributed by atoms with van der Waals surface area (Å²) in [6, 6.07) is 14.8. The highest BCUT2D eigenvalue weighted by Gasteiger charge is 2.38. The van der Waals surface area contributed by atoms with Crippen LogP contribution in [-0.2, 0) is 18.4 Å². The molecule has 3 heteroatoms. The Morgan fingerprint density at radius 3 is 2.78 bits per heavy atom. The van der Waals surface area contributed by atoms with Gasteiger partial charge in [-0.05, 0) is 54.9 Å². The quantitative estimate of drug-likeness (QED) is 0.862. The highest BCUT2D eigenvalue weighted by Crippen LogP contribution is 2.38. The van der Waals surface area contributed by atoms with E-state index in [0.29, 0.717) is 12.6 Å². The summed E-state index contributed by atoms with van der Waals surface area (Å²) in [4.78, 5) is 4.46. The van der Waals surface area contributed by atoms with Crippen molar-refractivity contribution in [1.82, 2.24) is 10.3 Å². The number of benzene rings is 1. The maximum atomic E-state index is 11.1. The van der Waals surface area contributed by atoms with Crippen LogP contribution < -0.4 is 5.32 Å². The van der Waals surface area contributed by atoms with E-state index in [-0.39, 0.29) is 0 Å². The minimum atomic E-state index is -0.714. The molecular weight excluding hydrogens is 284 g/mol. The summed E-state index contributed by atoms with van der Waals surface area (Å²) in [5.74, 6) is 0.734. The van der Waals surface area contributed by atoms with Crippen molar-refractivity contribution in [2.45, 2.75) is 43.7 Å². The van der Waals surface area contributed by atoms with Gasteiger partial charge < -0.3 is 10.4 Å². The summed E-state index contributed by atoms with van der Waals surface area (Å²) in [6.07, 6.45) is 7.19. The number of nitrogens with zero attached hydrogens (tertiary/aromatic N) is 1. The molecule has 0 radical (unpaired) electrons. The molecule has 1 aromatic heterocycles. The zero-order valence-electron chi connectivity index (χ0n) is 13.4. The van der Waals surface area contributed by atoms with Gasteiger partial charge in [0.05, 0.1) is 0 Å². The Labute approximate surface area is 137 Å². The Bertz CT molecular complexity index is 668. The van der Waals surface area contributed by atoms with Crippen LogP contribution in [0, 0.1) is 5.92 Å². The van der Waals surface area contributed by atoms with Crippen molar-refractivity contribution in [1.29, 1.82) is 0 Å². The molecule has 2 aliphatic rings. The van der Waals surface area contributed by atoms with E-state index in [1.807, 2.05) is 24.4 Å². The first-order valence-corrected chi connectivity index (χ1v) is 8.69. The van der Waals surface area contributed by atoms with Crippen LogP contribution in [0.3, 0.4) is 0 Å². The van der Waals surface area contributed by atoms with Crippen molar-refractivity contribution in [3.63, 3.8) is 0 Å². The third-order valence-electron chi connectivity index (χ3n) is 5.33. The summed E-state index contributed by atoms with van der Waals surface area (Å²) in [5, 5.41) is 14.7. The van der Waals surface area contributed by atoms with Gasteiger partial charge in [-0.1, -0.05) is 30.3 Å². The number of hydrogen-bond acceptors (Lipinski definition) is 3. The number of aryl methyl sites for hydroxylation is 1. The fraction of sp³-hybridized carbons (Fsp3) is 0.450. The molecule has 1 heterocycles. The lowest BCUT2D eigenvalue weighted by Crippen LogP contribution is -2.43. The van der Waals surface area contributed by atoms with Crippen LogP contribution in [0.25, 0.3) is 0 Å². The molecule has 23 heavy (non-hydrogen) atoms. The van der Waals surface area contributed by atoms with Crippen LogP contribution in [0.4, 0.5) is 0 Å². The maximum Gasteiger partial charge on any atom is 0.103 e. The van der Waals surface area contributed by atoms with Gasteiger partial charge in [-0.2, -0.15) is 0 Å². The molecule has 0 bridgehead atoms. The first kappa shape index (κ1) is 14.9. The molecule has 0 aliphatic heterocycles. The number of fused-ring (bicyclic) bond motifs is 1. The molecule has 0 saturated heterocycles. The molecule has 2 N–H and O–H groups in total. The van der Waals surface area contributed by atoms with Crippen molar-refractivity contribution in [2.24, 2.45) is 5.92 Å². The molecule has 1 fully saturated rings. The molecule has 0 unspecified atom stereocenters. The Morgan fingerprint density at radius 2 is 2.00 bits per heavy atom. The largest absolute Gasteiger partial charge is 0.384 e. The van der Waals surface area contributed by atoms with Crippen molar-refractivity contribution < 1.29 is 5.11 Å². The fourth-order valence-electron chi connectivity index (χ4n) is 3.80. The molecule has 4 rings (SSSR count). The first-order valence-electron chi connectivity index (χ1n) is 8.69. The third kappa shape index (κ3) is 3.17. The second kappa shape index (κ2) is 6.06. The van der Waals surface area contributed by atoms with Gasteiger partial charge in [0.1, 0.15) is 5.60 Å². The van der Waals surface area contributed by atoms with Gasteiger partial charge in [0.15, 0.2) is 0 Å². The van der Waals surface area contributed by atoms with E-state index in [2.05, 4.69) is 34.6 Å². The predicted molar refractivity (Wildman–Crippen MR) is 91.1 cm³/mol. The standard InChI is InChI=1S/C20H24N2O/c23-20(11-10-15-5-1-2-7-18(15)20)14-22-19(16-8-9-16)13-17-6-3-4-12-21-17/h1-7,12,16,19,22-23H,8-11,13-14H2/t19-,20-/m0/s1. The monoisotopic (exact) mass is 308 g/mol. The second-order valence-corrected chi connectivity index (χ2v) is 7.04. The molecule has 0 amide bonds. The number of rotatable bonds is 6. The Hall–Kier alpha value is -1.71. The van der Waals surface area contributed by atoms with Gasteiger partial charge in [-0.15, -0.1) is 0 Å². The van der Waals surface area contributed by atoms with Crippen LogP contribution in [0.15, 0.2) is 48.7 Å². The van der Waals surface area contributed by atoms with E-state index in [4.69, 9.17) is 0 Å². The van der Waals surface area contributed by atoms with Crippen LogP contribution in [0.1, 0.15) is 36.1 Å². The van der Waals surface area contributed by atoms with Gasteiger partial charge in [0.2, 0.25) is 0 Å². The number of aliphatic hydroxyl groups is 1. The number of pyridine rings is 1. The number of hydrogen-bond donors (Lipinski definition) is 2. The summed E-state index contributed by atoms with van der Waals surface area (Å²) in [7, 11) is 0. The minimum Gasteiger partial charge on any atom is -0.384 e. The molecule has 3 nitrogen and oxygen atoms in total. The Kier molecular flexibility index (Phi) is 3.92. The molecule has 2 atom stereocenters. The van der Waals surface area contributed by atoms with Crippen molar-refractivity contribution in [3.05, 3.63) is 65.5 Å². The summed E-state index contributed by atoms with van der Waals surface area (Å²) in [6.45, 7) is 0.637. The lowest BCUT2D eigenvalue weighted by molar-refractivity contribution is 0.0350. The highest BCUT2D eigenvalue weighted by atomic mass is 16.3. The molecule has 1 aromatic carbocycles. The average Bonchev–Trinajstić information content (AvgIpc) is 3.38. The zero-order valence-corrected chi connectivity index (χ0v) is 13.4. The van der Waals surface area contributed by atoms with Gasteiger partial charge in [0.25, 0.3) is 0 Å². The summed E-state index contributed by atoms with van der Waals surface area (Å²) < 4.78 is 0. The van der Waals surface area contributed by atoms with Crippen LogP contribution in [-0.4, -0.2) is 22.7 Å². The van der Waals surface area contributed by atoms with Gasteiger partial charge in [-0.25, -0.2) is 0 Å². The Balaban J connectivity index is 1.44. The highest BCUT2D eigenvalue weighted by molar-refractivity contribution is 5.37. The van der Waals surface area contributed by atoms with Crippen LogP contribution in [0.5, 0.6) is 0 Å². The normalized spacial score (nSPS) is 24.4. The van der Waals surface area contributed by atoms with E-state index >= 15 is 0 Å². The van der Waals surface area contributed by atoms with E-state index in [0.717, 1.165) is 36.4 Å². The second-order valence-electron chi connectivity index (χ2n) is 7.04. The maximum absolute atomic E-state index is 11.1. The average molecular weight is 308 g/mol. The van der Waals surface area contributed by atoms with Crippen molar-refractivity contribution >= 4 is 0 Å². The number of nitrogens with one attached hydrogen (secondary N) is 1. The van der Waals surface area contributed by atoms with Gasteiger partial charge in [-0.3, -0.25) is 4.98 Å². The predicted octanol–water partition coefficient (Wildman–Crippen LogP) is 2.83. The van der Waals surface area contributed by atoms with E-state index in [9.17, 15) is 5.11 Å². The fourth-order valence-corrected chi connectivity index (χ4v) is 3.80. The molecule has 1 saturated carbocycles. The summed E-state index contributed by atoms with van der Waals surface area (Å²) >= 11 is 0. The third-order valence-corrected chi connectivity index (χ3v) is 5.33. The van der Waals surface area contributed by atoms with E-state index in [1.165, 1.54) is 18.4 Å². The molecule has 120 valence electrons. The van der Waals surface area contributed by atoms with Gasteiger partial charge in [0, 0.05) is 30.9 Å². The smallest absolute Gasteiger partial charge is 0.103 e. The lowest BCUT2D eigenvalue weighted by atomic mass is 9.95. The molecule has 2 aliphatic carbocycles. The summed E-state index contributed by atoms with van der Waals surface area (Å²) in [5.41, 5.74) is 2.83. The topological polar surface area (TPSA) is 45.1 Å². The Morgan fingerprint density at radius 1 is 1.17 bits per heavy atom. The van der Waals surface area contributed by atoms with E-state index < -0.39 is 5.60 Å². The van der Waals surface area contributed by atoms with Crippen molar-refractivity contribution in [3.8, 4) is 0 Å². The van der Waals surface area contributed by atoms with Gasteiger partial charge >= 0.3 is 0 Å².